The molecule has 0 bridgehead atoms. The van der Waals surface area contributed by atoms with Crippen molar-refractivity contribution < 1.29 is 14.1 Å². The SMILES string of the molecule is CC(C)Oc1ccc(-c2nc(C(=O)NC(c3nc(C4CC4)no3)C(C)C)cs2)cc1. The molecule has 1 aliphatic rings. The number of thiazole rings is 1. The van der Waals surface area contributed by atoms with Gasteiger partial charge in [-0.2, -0.15) is 4.98 Å². The summed E-state index contributed by atoms with van der Waals surface area (Å²) in [5.74, 6) is 2.27. The van der Waals surface area contributed by atoms with E-state index in [-0.39, 0.29) is 24.0 Å². The first-order valence-electron chi connectivity index (χ1n) is 10.3. The lowest BCUT2D eigenvalue weighted by molar-refractivity contribution is 0.0909. The van der Waals surface area contributed by atoms with Gasteiger partial charge >= 0.3 is 0 Å². The van der Waals surface area contributed by atoms with Crippen molar-refractivity contribution in [2.75, 3.05) is 0 Å². The number of hydrogen-bond acceptors (Lipinski definition) is 7. The summed E-state index contributed by atoms with van der Waals surface area (Å²) < 4.78 is 11.1. The van der Waals surface area contributed by atoms with Crippen LogP contribution in [-0.2, 0) is 0 Å². The third-order valence-corrected chi connectivity index (χ3v) is 5.72. The van der Waals surface area contributed by atoms with Crippen molar-refractivity contribution in [2.24, 2.45) is 5.92 Å². The standard InChI is InChI=1S/C22H26N4O3S/c1-12(2)18(21-25-19(26-29-21)14-5-6-14)24-20(27)17-11-30-22(23-17)15-7-9-16(10-8-15)28-13(3)4/h7-14,18H,5-6H2,1-4H3,(H,24,27). The Hall–Kier alpha value is -2.74. The van der Waals surface area contributed by atoms with Crippen LogP contribution in [0.1, 0.15) is 74.7 Å². The number of ether oxygens (including phenoxy) is 1. The Morgan fingerprint density at radius 1 is 1.17 bits per heavy atom. The Bertz CT molecular complexity index is 1010. The van der Waals surface area contributed by atoms with Gasteiger partial charge in [0.25, 0.3) is 5.91 Å². The molecule has 1 N–H and O–H groups in total. The predicted molar refractivity (Wildman–Crippen MR) is 115 cm³/mol. The van der Waals surface area contributed by atoms with E-state index in [1.807, 2.05) is 52.0 Å². The van der Waals surface area contributed by atoms with Gasteiger partial charge in [-0.1, -0.05) is 19.0 Å². The van der Waals surface area contributed by atoms with Gasteiger partial charge in [0, 0.05) is 16.9 Å². The first kappa shape index (κ1) is 20.5. The highest BCUT2D eigenvalue weighted by Gasteiger charge is 2.32. The summed E-state index contributed by atoms with van der Waals surface area (Å²) in [6.45, 7) is 8.01. The minimum absolute atomic E-state index is 0.105. The predicted octanol–water partition coefficient (Wildman–Crippen LogP) is 4.98. The lowest BCUT2D eigenvalue weighted by Crippen LogP contribution is -2.32. The van der Waals surface area contributed by atoms with Gasteiger partial charge in [-0.25, -0.2) is 4.98 Å². The van der Waals surface area contributed by atoms with Crippen molar-refractivity contribution in [1.29, 1.82) is 0 Å². The summed E-state index contributed by atoms with van der Waals surface area (Å²) in [5.41, 5.74) is 1.33. The van der Waals surface area contributed by atoms with Gasteiger partial charge in [-0.15, -0.1) is 11.3 Å². The van der Waals surface area contributed by atoms with Crippen molar-refractivity contribution in [2.45, 2.75) is 58.6 Å². The van der Waals surface area contributed by atoms with Gasteiger partial charge in [0.1, 0.15) is 22.5 Å². The van der Waals surface area contributed by atoms with Crippen molar-refractivity contribution in [3.05, 3.63) is 47.1 Å². The molecular weight excluding hydrogens is 400 g/mol. The number of rotatable bonds is 8. The average molecular weight is 427 g/mol. The van der Waals surface area contributed by atoms with Crippen LogP contribution in [0.4, 0.5) is 0 Å². The molecule has 1 amide bonds. The molecule has 8 heteroatoms. The van der Waals surface area contributed by atoms with Crippen LogP contribution in [0, 0.1) is 5.92 Å². The second-order valence-corrected chi connectivity index (χ2v) is 9.05. The highest BCUT2D eigenvalue weighted by atomic mass is 32.1. The maximum Gasteiger partial charge on any atom is 0.271 e. The van der Waals surface area contributed by atoms with Gasteiger partial charge in [0.05, 0.1) is 6.10 Å². The normalized spacial score (nSPS) is 14.9. The third kappa shape index (κ3) is 4.70. The molecule has 1 aliphatic carbocycles. The van der Waals surface area contributed by atoms with Crippen LogP contribution in [0.15, 0.2) is 34.2 Å². The quantitative estimate of drug-likeness (QED) is 0.546. The first-order valence-corrected chi connectivity index (χ1v) is 11.2. The number of carbonyl (C=O) groups excluding carboxylic acids is 1. The van der Waals surface area contributed by atoms with Crippen LogP contribution >= 0.6 is 11.3 Å². The molecule has 0 spiro atoms. The molecule has 158 valence electrons. The molecule has 7 nitrogen and oxygen atoms in total. The number of nitrogens with zero attached hydrogens (tertiary/aromatic N) is 3. The lowest BCUT2D eigenvalue weighted by Gasteiger charge is -2.17. The van der Waals surface area contributed by atoms with Gasteiger partial charge in [-0.05, 0) is 56.9 Å². The maximum atomic E-state index is 12.8. The molecule has 1 unspecified atom stereocenters. The third-order valence-electron chi connectivity index (χ3n) is 4.83. The number of amides is 1. The van der Waals surface area contributed by atoms with Crippen molar-refractivity contribution in [3.8, 4) is 16.3 Å². The van der Waals surface area contributed by atoms with Crippen molar-refractivity contribution in [1.82, 2.24) is 20.4 Å². The Morgan fingerprint density at radius 2 is 1.90 bits per heavy atom. The maximum absolute atomic E-state index is 12.8. The molecule has 2 aromatic heterocycles. The van der Waals surface area contributed by atoms with E-state index in [9.17, 15) is 4.79 Å². The number of hydrogen-bond donors (Lipinski definition) is 1. The smallest absolute Gasteiger partial charge is 0.271 e. The fourth-order valence-corrected chi connectivity index (χ4v) is 3.87. The second kappa shape index (κ2) is 8.55. The summed E-state index contributed by atoms with van der Waals surface area (Å²) in [5, 5.41) is 9.63. The molecule has 0 saturated heterocycles. The van der Waals surface area contributed by atoms with E-state index < -0.39 is 0 Å². The fourth-order valence-electron chi connectivity index (χ4n) is 3.07. The highest BCUT2D eigenvalue weighted by Crippen LogP contribution is 2.38. The monoisotopic (exact) mass is 426 g/mol. The van der Waals surface area contributed by atoms with E-state index in [0.717, 1.165) is 35.0 Å². The average Bonchev–Trinajstić information content (AvgIpc) is 3.24. The zero-order valence-corrected chi connectivity index (χ0v) is 18.4. The van der Waals surface area contributed by atoms with E-state index in [2.05, 4.69) is 20.4 Å². The Labute approximate surface area is 179 Å². The number of aromatic nitrogens is 3. The Kier molecular flexibility index (Phi) is 5.85. The van der Waals surface area contributed by atoms with Gasteiger partial charge in [-0.3, -0.25) is 4.79 Å². The zero-order valence-electron chi connectivity index (χ0n) is 17.6. The van der Waals surface area contributed by atoms with E-state index in [1.165, 1.54) is 11.3 Å². The summed E-state index contributed by atoms with van der Waals surface area (Å²) in [6.07, 6.45) is 2.33. The van der Waals surface area contributed by atoms with Crippen LogP contribution in [-0.4, -0.2) is 27.1 Å². The Balaban J connectivity index is 1.45. The number of nitrogens with one attached hydrogen (secondary N) is 1. The molecule has 1 saturated carbocycles. The molecule has 30 heavy (non-hydrogen) atoms. The van der Waals surface area contributed by atoms with Crippen LogP contribution < -0.4 is 10.1 Å². The van der Waals surface area contributed by atoms with Crippen LogP contribution in [0.2, 0.25) is 0 Å². The van der Waals surface area contributed by atoms with E-state index in [4.69, 9.17) is 9.26 Å². The molecule has 0 aliphatic heterocycles. The fraction of sp³-hybridized carbons (Fsp3) is 0.455. The first-order chi connectivity index (χ1) is 14.4. The molecule has 0 radical (unpaired) electrons. The topological polar surface area (TPSA) is 90.1 Å². The molecule has 4 rings (SSSR count). The molecule has 1 atom stereocenters. The van der Waals surface area contributed by atoms with Crippen LogP contribution in [0.25, 0.3) is 10.6 Å². The lowest BCUT2D eigenvalue weighted by atomic mass is 10.0. The summed E-state index contributed by atoms with van der Waals surface area (Å²) >= 11 is 1.43. The summed E-state index contributed by atoms with van der Waals surface area (Å²) in [4.78, 5) is 21.8. The number of benzene rings is 1. The largest absolute Gasteiger partial charge is 0.491 e. The van der Waals surface area contributed by atoms with Crippen LogP contribution in [0.3, 0.4) is 0 Å². The second-order valence-electron chi connectivity index (χ2n) is 8.19. The van der Waals surface area contributed by atoms with E-state index in [1.54, 1.807) is 5.38 Å². The highest BCUT2D eigenvalue weighted by molar-refractivity contribution is 7.13. The number of carbonyl (C=O) groups is 1. The van der Waals surface area contributed by atoms with Crippen LogP contribution in [0.5, 0.6) is 5.75 Å². The van der Waals surface area contributed by atoms with Crippen molar-refractivity contribution in [3.63, 3.8) is 0 Å². The summed E-state index contributed by atoms with van der Waals surface area (Å²) in [7, 11) is 0. The summed E-state index contributed by atoms with van der Waals surface area (Å²) in [6, 6.07) is 7.38. The molecular formula is C22H26N4O3S. The molecule has 3 aromatic rings. The zero-order chi connectivity index (χ0) is 21.3. The Morgan fingerprint density at radius 3 is 2.53 bits per heavy atom. The van der Waals surface area contributed by atoms with E-state index >= 15 is 0 Å². The van der Waals surface area contributed by atoms with Gasteiger partial charge in [0.15, 0.2) is 5.82 Å². The molecule has 2 heterocycles. The van der Waals surface area contributed by atoms with Gasteiger partial charge < -0.3 is 14.6 Å². The molecule has 1 fully saturated rings. The van der Waals surface area contributed by atoms with Gasteiger partial charge in [0.2, 0.25) is 5.89 Å². The van der Waals surface area contributed by atoms with Crippen molar-refractivity contribution >= 4 is 17.2 Å². The molecule has 1 aromatic carbocycles. The van der Waals surface area contributed by atoms with E-state index in [0.29, 0.717) is 17.5 Å². The minimum atomic E-state index is -0.352. The minimum Gasteiger partial charge on any atom is -0.491 e.